The van der Waals surface area contributed by atoms with Crippen molar-refractivity contribution in [1.29, 1.82) is 0 Å². The molecule has 0 bridgehead atoms. The van der Waals surface area contributed by atoms with Crippen LogP contribution in [0.5, 0.6) is 0 Å². The normalized spacial score (nSPS) is 14.9. The third-order valence-electron chi connectivity index (χ3n) is 5.16. The van der Waals surface area contributed by atoms with E-state index < -0.39 is 5.97 Å². The van der Waals surface area contributed by atoms with Crippen LogP contribution < -0.4 is 5.32 Å². The second kappa shape index (κ2) is 7.72. The molecule has 0 saturated carbocycles. The van der Waals surface area contributed by atoms with Crippen LogP contribution in [0.1, 0.15) is 59.8 Å². The summed E-state index contributed by atoms with van der Waals surface area (Å²) in [6.07, 6.45) is 3.73. The van der Waals surface area contributed by atoms with E-state index in [0.717, 1.165) is 34.4 Å². The Morgan fingerprint density at radius 3 is 2.64 bits per heavy atom. The van der Waals surface area contributed by atoms with Crippen molar-refractivity contribution in [2.24, 2.45) is 5.92 Å². The van der Waals surface area contributed by atoms with Gasteiger partial charge >= 0.3 is 11.9 Å². The number of rotatable bonds is 7. The molecule has 0 aliphatic carbocycles. The van der Waals surface area contributed by atoms with E-state index in [4.69, 9.17) is 9.84 Å². The average Bonchev–Trinajstić information content (AvgIpc) is 2.94. The molecule has 0 aromatic heterocycles. The van der Waals surface area contributed by atoms with Gasteiger partial charge in [0.15, 0.2) is 0 Å². The van der Waals surface area contributed by atoms with Gasteiger partial charge in [0.1, 0.15) is 6.61 Å². The van der Waals surface area contributed by atoms with E-state index in [1.54, 1.807) is 0 Å². The molecule has 1 unspecified atom stereocenters. The lowest BCUT2D eigenvalue weighted by atomic mass is 9.87. The van der Waals surface area contributed by atoms with E-state index in [9.17, 15) is 9.59 Å². The minimum atomic E-state index is -0.790. The Balaban J connectivity index is 2.47. The number of aliphatic carboxylic acids is 1. The minimum Gasteiger partial charge on any atom is -0.481 e. The summed E-state index contributed by atoms with van der Waals surface area (Å²) in [6, 6.07) is 0. The topological polar surface area (TPSA) is 75.6 Å². The fraction of sp³-hybridized carbons (Fsp3) is 0.500. The molecule has 136 valence electrons. The van der Waals surface area contributed by atoms with Gasteiger partial charge in [0.2, 0.25) is 0 Å². The predicted molar refractivity (Wildman–Crippen MR) is 98.1 cm³/mol. The van der Waals surface area contributed by atoms with Gasteiger partial charge in [-0.15, -0.1) is 0 Å². The van der Waals surface area contributed by atoms with Gasteiger partial charge < -0.3 is 15.2 Å². The number of esters is 1. The number of anilines is 1. The average molecular weight is 345 g/mol. The Morgan fingerprint density at radius 2 is 2.08 bits per heavy atom. The molecule has 5 nitrogen and oxygen atoms in total. The van der Waals surface area contributed by atoms with Gasteiger partial charge in [0.05, 0.1) is 17.7 Å². The van der Waals surface area contributed by atoms with Crippen molar-refractivity contribution < 1.29 is 19.4 Å². The highest BCUT2D eigenvalue weighted by Crippen LogP contribution is 2.37. The number of fused-ring (bicyclic) bond motifs is 1. The Labute approximate surface area is 149 Å². The molecule has 1 aliphatic rings. The second-order valence-electron chi connectivity index (χ2n) is 6.64. The van der Waals surface area contributed by atoms with Gasteiger partial charge in [0.25, 0.3) is 0 Å². The smallest absolute Gasteiger partial charge is 0.341 e. The summed E-state index contributed by atoms with van der Waals surface area (Å²) in [5.74, 6) is -1.08. The largest absolute Gasteiger partial charge is 0.481 e. The SMILES string of the molecule is CCc1c(C)c2c(c(NC)c1CC=C(C)C(C)CC(=O)O)C(=O)OC2. The summed E-state index contributed by atoms with van der Waals surface area (Å²) < 4.78 is 5.25. The fourth-order valence-electron chi connectivity index (χ4n) is 3.53. The summed E-state index contributed by atoms with van der Waals surface area (Å²) in [5.41, 5.74) is 6.98. The number of benzene rings is 1. The number of carboxylic acids is 1. The molecule has 1 aromatic carbocycles. The van der Waals surface area contributed by atoms with Crippen LogP contribution >= 0.6 is 0 Å². The van der Waals surface area contributed by atoms with Crippen LogP contribution in [-0.4, -0.2) is 24.1 Å². The van der Waals surface area contributed by atoms with Crippen molar-refractivity contribution >= 4 is 17.6 Å². The minimum absolute atomic E-state index is 0.0129. The van der Waals surface area contributed by atoms with Crippen LogP contribution in [0.4, 0.5) is 5.69 Å². The van der Waals surface area contributed by atoms with Crippen LogP contribution in [0.2, 0.25) is 0 Å². The van der Waals surface area contributed by atoms with E-state index in [-0.39, 0.29) is 18.3 Å². The van der Waals surface area contributed by atoms with E-state index in [2.05, 4.69) is 18.3 Å². The third-order valence-corrected chi connectivity index (χ3v) is 5.16. The number of allylic oxidation sites excluding steroid dienone is 2. The number of carbonyl (C=O) groups is 2. The lowest BCUT2D eigenvalue weighted by molar-refractivity contribution is -0.137. The first-order valence-corrected chi connectivity index (χ1v) is 8.72. The number of cyclic esters (lactones) is 1. The maximum Gasteiger partial charge on any atom is 0.341 e. The number of hydrogen-bond acceptors (Lipinski definition) is 4. The molecule has 0 fully saturated rings. The molecule has 2 N–H and O–H groups in total. The molecule has 1 atom stereocenters. The standard InChI is InChI=1S/C20H27NO4/c1-6-14-13(4)16-10-25-20(24)18(16)19(21-5)15(14)8-7-11(2)12(3)9-17(22)23/h7,12,21H,6,8-10H2,1-5H3,(H,22,23). The molecule has 0 spiro atoms. The maximum atomic E-state index is 12.2. The van der Waals surface area contributed by atoms with Crippen molar-refractivity contribution in [2.75, 3.05) is 12.4 Å². The van der Waals surface area contributed by atoms with Gasteiger partial charge in [-0.05, 0) is 49.3 Å². The number of nitrogens with one attached hydrogen (secondary N) is 1. The molecular formula is C20H27NO4. The molecule has 2 rings (SSSR count). The molecular weight excluding hydrogens is 318 g/mol. The van der Waals surface area contributed by atoms with Crippen LogP contribution in [0.15, 0.2) is 11.6 Å². The molecule has 25 heavy (non-hydrogen) atoms. The highest BCUT2D eigenvalue weighted by Gasteiger charge is 2.30. The van der Waals surface area contributed by atoms with Gasteiger partial charge in [-0.2, -0.15) is 0 Å². The lowest BCUT2D eigenvalue weighted by Crippen LogP contribution is -2.10. The molecule has 0 saturated heterocycles. The van der Waals surface area contributed by atoms with Crippen molar-refractivity contribution in [1.82, 2.24) is 0 Å². The lowest BCUT2D eigenvalue weighted by Gasteiger charge is -2.19. The number of ether oxygens (including phenoxy) is 1. The first-order chi connectivity index (χ1) is 11.8. The van der Waals surface area contributed by atoms with Crippen LogP contribution in [0.25, 0.3) is 0 Å². The zero-order chi connectivity index (χ0) is 18.7. The molecule has 1 aliphatic heterocycles. The van der Waals surface area contributed by atoms with Gasteiger partial charge in [0, 0.05) is 12.6 Å². The van der Waals surface area contributed by atoms with Gasteiger partial charge in [-0.25, -0.2) is 4.79 Å². The zero-order valence-electron chi connectivity index (χ0n) is 15.7. The van der Waals surface area contributed by atoms with E-state index in [0.29, 0.717) is 18.6 Å². The van der Waals surface area contributed by atoms with Crippen LogP contribution in [0.3, 0.4) is 0 Å². The van der Waals surface area contributed by atoms with Gasteiger partial charge in [-0.3, -0.25) is 4.79 Å². The number of carbonyl (C=O) groups excluding carboxylic acids is 1. The monoisotopic (exact) mass is 345 g/mol. The Hall–Kier alpha value is -2.30. The highest BCUT2D eigenvalue weighted by atomic mass is 16.5. The third kappa shape index (κ3) is 3.70. The first kappa shape index (κ1) is 19.0. The van der Waals surface area contributed by atoms with E-state index >= 15 is 0 Å². The summed E-state index contributed by atoms with van der Waals surface area (Å²) in [7, 11) is 1.82. The van der Waals surface area contributed by atoms with Crippen LogP contribution in [-0.2, 0) is 29.0 Å². The summed E-state index contributed by atoms with van der Waals surface area (Å²) in [6.45, 7) is 8.38. The highest BCUT2D eigenvalue weighted by molar-refractivity contribution is 6.01. The summed E-state index contributed by atoms with van der Waals surface area (Å²) >= 11 is 0. The molecule has 0 radical (unpaired) electrons. The molecule has 5 heteroatoms. The van der Waals surface area contributed by atoms with Crippen molar-refractivity contribution in [3.8, 4) is 0 Å². The van der Waals surface area contributed by atoms with E-state index in [1.807, 2.05) is 27.8 Å². The van der Waals surface area contributed by atoms with Crippen LogP contribution in [0, 0.1) is 12.8 Å². The van der Waals surface area contributed by atoms with Crippen molar-refractivity contribution in [2.45, 2.75) is 53.6 Å². The second-order valence-corrected chi connectivity index (χ2v) is 6.64. The molecule has 1 aromatic rings. The number of carboxylic acid groups (broad SMARTS) is 1. The molecule has 0 amide bonds. The predicted octanol–water partition coefficient (Wildman–Crippen LogP) is 3.87. The maximum absolute atomic E-state index is 12.2. The van der Waals surface area contributed by atoms with Crippen molar-refractivity contribution in [3.63, 3.8) is 0 Å². The van der Waals surface area contributed by atoms with E-state index in [1.165, 1.54) is 5.56 Å². The Morgan fingerprint density at radius 1 is 1.40 bits per heavy atom. The Bertz CT molecular complexity index is 734. The number of hydrogen-bond donors (Lipinski definition) is 2. The first-order valence-electron chi connectivity index (χ1n) is 8.72. The van der Waals surface area contributed by atoms with Crippen molar-refractivity contribution in [3.05, 3.63) is 39.5 Å². The van der Waals surface area contributed by atoms with Gasteiger partial charge in [-0.1, -0.05) is 25.5 Å². The quantitative estimate of drug-likeness (QED) is 0.579. The molecule has 1 heterocycles. The summed E-state index contributed by atoms with van der Waals surface area (Å²) in [4.78, 5) is 23.1. The Kier molecular flexibility index (Phi) is 5.88. The fourth-order valence-corrected chi connectivity index (χ4v) is 3.53. The summed E-state index contributed by atoms with van der Waals surface area (Å²) in [5, 5.41) is 12.2. The zero-order valence-corrected chi connectivity index (χ0v) is 15.7.